The maximum absolute atomic E-state index is 11.4. The van der Waals surface area contributed by atoms with Crippen LogP contribution in [0.1, 0.15) is 0 Å². The van der Waals surface area contributed by atoms with E-state index in [0.717, 1.165) is 6.26 Å². The van der Waals surface area contributed by atoms with Crippen LogP contribution < -0.4 is 0 Å². The normalized spacial score (nSPS) is 15.2. The molecule has 0 aromatic heterocycles. The fourth-order valence-corrected chi connectivity index (χ4v) is 2.41. The second-order valence-corrected chi connectivity index (χ2v) is 7.09. The van der Waals surface area contributed by atoms with Crippen molar-refractivity contribution in [3.05, 3.63) is 10.8 Å². The third-order valence-electron chi connectivity index (χ3n) is 0.703. The van der Waals surface area contributed by atoms with Crippen LogP contribution in [0, 0.1) is 0 Å². The van der Waals surface area contributed by atoms with Gasteiger partial charge in [-0.3, -0.25) is 9.05 Å². The molecule has 0 aromatic carbocycles. The second-order valence-electron chi connectivity index (χ2n) is 1.51. The highest BCUT2D eigenvalue weighted by Gasteiger charge is 2.27. The number of hydrogen-bond donors (Lipinski definition) is 0. The van der Waals surface area contributed by atoms with Gasteiger partial charge in [0.15, 0.2) is 3.92 Å². The summed E-state index contributed by atoms with van der Waals surface area (Å²) in [6.45, 7) is 0. The summed E-state index contributed by atoms with van der Waals surface area (Å²) in [4.78, 5) is 0. The average molecular weight is 379 g/mol. The van der Waals surface area contributed by atoms with E-state index >= 15 is 0 Å². The maximum Gasteiger partial charge on any atom is 0.531 e. The van der Waals surface area contributed by atoms with Gasteiger partial charge in [0, 0.05) is 7.11 Å². The second kappa shape index (κ2) is 6.67. The Hall–Kier alpha value is 1.23. The van der Waals surface area contributed by atoms with Crippen LogP contribution in [-0.4, -0.2) is 11.0 Å². The Morgan fingerprint density at radius 1 is 1.54 bits per heavy atom. The lowest BCUT2D eigenvalue weighted by Crippen LogP contribution is -1.97. The van der Waals surface area contributed by atoms with Crippen LogP contribution in [0.15, 0.2) is 10.8 Å². The summed E-state index contributed by atoms with van der Waals surface area (Å²) in [7, 11) is -2.48. The summed E-state index contributed by atoms with van der Waals surface area (Å²) < 4.78 is 24.3. The van der Waals surface area contributed by atoms with Gasteiger partial charge in [0.1, 0.15) is 10.8 Å². The minimum Gasteiger partial charge on any atom is -0.409 e. The van der Waals surface area contributed by atoms with E-state index in [1.807, 2.05) is 0 Å². The first-order valence-corrected chi connectivity index (χ1v) is 6.76. The molecular formula is C4H5Br2Cl2O4P. The number of rotatable bonds is 5. The first-order valence-electron chi connectivity index (χ1n) is 2.71. The molecule has 0 aliphatic heterocycles. The van der Waals surface area contributed by atoms with Crippen molar-refractivity contribution in [2.24, 2.45) is 0 Å². The summed E-state index contributed by atoms with van der Waals surface area (Å²) in [5.74, 6) is 0. The first kappa shape index (κ1) is 14.2. The lowest BCUT2D eigenvalue weighted by Gasteiger charge is -2.14. The molecule has 78 valence electrons. The van der Waals surface area contributed by atoms with Gasteiger partial charge >= 0.3 is 7.82 Å². The Morgan fingerprint density at radius 3 is 2.38 bits per heavy atom. The third-order valence-corrected chi connectivity index (χ3v) is 3.11. The molecule has 0 heterocycles. The number of phosphoric ester groups is 1. The zero-order valence-corrected chi connectivity index (χ0v) is 11.8. The Kier molecular flexibility index (Phi) is 7.30. The molecule has 0 amide bonds. The van der Waals surface area contributed by atoms with Crippen molar-refractivity contribution < 1.29 is 18.1 Å². The Morgan fingerprint density at radius 2 is 2.08 bits per heavy atom. The zero-order valence-electron chi connectivity index (χ0n) is 6.25. The lowest BCUT2D eigenvalue weighted by atomic mass is 11.2. The molecule has 4 nitrogen and oxygen atoms in total. The molecule has 9 heteroatoms. The number of hydrogen-bond acceptors (Lipinski definition) is 4. The van der Waals surface area contributed by atoms with Gasteiger partial charge in [-0.25, -0.2) is 4.57 Å². The van der Waals surface area contributed by atoms with Crippen LogP contribution in [0.3, 0.4) is 0 Å². The number of phosphoric acid groups is 1. The molecule has 0 saturated heterocycles. The van der Waals surface area contributed by atoms with Crippen molar-refractivity contribution in [1.29, 1.82) is 0 Å². The first-order chi connectivity index (χ1) is 5.89. The number of alkyl halides is 2. The molecule has 0 fully saturated rings. The minimum absolute atomic E-state index is 0.193. The molecule has 0 spiro atoms. The van der Waals surface area contributed by atoms with Gasteiger partial charge in [-0.15, -0.1) is 0 Å². The molecule has 0 aliphatic rings. The van der Waals surface area contributed by atoms with Crippen molar-refractivity contribution in [3.63, 3.8) is 0 Å². The summed E-state index contributed by atoms with van der Waals surface area (Å²) in [6.07, 6.45) is 0.857. The predicted octanol–water partition coefficient (Wildman–Crippen LogP) is 4.12. The molecule has 1 unspecified atom stereocenters. The Bertz CT molecular complexity index is 230. The fraction of sp³-hybridized carbons (Fsp3) is 0.500. The number of halogens is 4. The van der Waals surface area contributed by atoms with E-state index in [9.17, 15) is 4.57 Å². The molecule has 0 radical (unpaired) electrons. The van der Waals surface area contributed by atoms with Crippen molar-refractivity contribution in [2.75, 3.05) is 7.11 Å². The monoisotopic (exact) mass is 376 g/mol. The standard InChI is InChI=1S/C4H5Br2Cl2O4P/c1-10-13(9,12-4(5)6)11-2-3(7)8/h2,4H,1H3. The van der Waals surface area contributed by atoms with Gasteiger partial charge in [-0.2, -0.15) is 0 Å². The van der Waals surface area contributed by atoms with Crippen LogP contribution in [0.2, 0.25) is 0 Å². The van der Waals surface area contributed by atoms with E-state index in [1.54, 1.807) is 0 Å². The zero-order chi connectivity index (χ0) is 10.5. The van der Waals surface area contributed by atoms with Gasteiger partial charge in [0.05, 0.1) is 0 Å². The van der Waals surface area contributed by atoms with E-state index in [1.165, 1.54) is 7.11 Å². The van der Waals surface area contributed by atoms with Crippen molar-refractivity contribution in [3.8, 4) is 0 Å². The van der Waals surface area contributed by atoms with Gasteiger partial charge in [0.2, 0.25) is 0 Å². The molecule has 0 saturated carbocycles. The van der Waals surface area contributed by atoms with E-state index in [2.05, 4.69) is 40.9 Å². The van der Waals surface area contributed by atoms with Crippen molar-refractivity contribution >= 4 is 62.9 Å². The summed E-state index contributed by atoms with van der Waals surface area (Å²) in [6, 6.07) is 0. The van der Waals surface area contributed by atoms with Crippen LogP contribution in [0.25, 0.3) is 0 Å². The van der Waals surface area contributed by atoms with E-state index < -0.39 is 11.7 Å². The molecule has 0 aliphatic carbocycles. The average Bonchev–Trinajstić information content (AvgIpc) is 2.00. The molecule has 0 aromatic rings. The van der Waals surface area contributed by atoms with E-state index in [0.29, 0.717) is 0 Å². The Balaban J connectivity index is 4.29. The maximum atomic E-state index is 11.4. The highest BCUT2D eigenvalue weighted by atomic mass is 79.9. The van der Waals surface area contributed by atoms with Crippen molar-refractivity contribution in [2.45, 2.75) is 3.92 Å². The minimum atomic E-state index is -3.65. The predicted molar refractivity (Wildman–Crippen MR) is 58.2 cm³/mol. The summed E-state index contributed by atoms with van der Waals surface area (Å²) in [5.41, 5.74) is 0. The highest BCUT2D eigenvalue weighted by Crippen LogP contribution is 2.51. The largest absolute Gasteiger partial charge is 0.531 e. The molecular weight excluding hydrogens is 374 g/mol. The van der Waals surface area contributed by atoms with Crippen LogP contribution in [-0.2, 0) is 18.1 Å². The molecule has 0 N–H and O–H groups in total. The molecule has 1 atom stereocenters. The SMILES string of the molecule is COP(=O)(OC=C(Cl)Cl)OC(Br)Br. The molecule has 13 heavy (non-hydrogen) atoms. The van der Waals surface area contributed by atoms with Crippen LogP contribution in [0.5, 0.6) is 0 Å². The van der Waals surface area contributed by atoms with Gasteiger partial charge in [-0.1, -0.05) is 23.2 Å². The Labute approximate surface area is 102 Å². The molecule has 0 bridgehead atoms. The van der Waals surface area contributed by atoms with Crippen LogP contribution in [0.4, 0.5) is 0 Å². The fourth-order valence-electron chi connectivity index (χ4n) is 0.313. The summed E-state index contributed by atoms with van der Waals surface area (Å²) in [5, 5.41) is 0. The topological polar surface area (TPSA) is 44.8 Å². The van der Waals surface area contributed by atoms with Gasteiger partial charge in [0.25, 0.3) is 0 Å². The highest BCUT2D eigenvalue weighted by molar-refractivity contribution is 9.24. The van der Waals surface area contributed by atoms with E-state index in [4.69, 9.17) is 27.7 Å². The lowest BCUT2D eigenvalue weighted by molar-refractivity contribution is 0.182. The van der Waals surface area contributed by atoms with Crippen molar-refractivity contribution in [1.82, 2.24) is 0 Å². The smallest absolute Gasteiger partial charge is 0.409 e. The van der Waals surface area contributed by atoms with Gasteiger partial charge in [-0.05, 0) is 31.9 Å². The third kappa shape index (κ3) is 7.19. The van der Waals surface area contributed by atoms with E-state index in [-0.39, 0.29) is 4.49 Å². The summed E-state index contributed by atoms with van der Waals surface area (Å²) >= 11 is 16.3. The van der Waals surface area contributed by atoms with Gasteiger partial charge < -0.3 is 4.52 Å². The molecule has 0 rings (SSSR count). The van der Waals surface area contributed by atoms with Crippen LogP contribution >= 0.6 is 62.9 Å². The quantitative estimate of drug-likeness (QED) is 0.410.